The largest absolute Gasteiger partial charge is 0.492 e. The fourth-order valence-electron chi connectivity index (χ4n) is 2.80. The van der Waals surface area contributed by atoms with Crippen LogP contribution in [0.15, 0.2) is 30.3 Å². The molecule has 0 aliphatic carbocycles. The maximum Gasteiger partial charge on any atom is 0.417 e. The number of cyclic esters (lactones) is 1. The Morgan fingerprint density at radius 2 is 1.96 bits per heavy atom. The molecular formula is C15H18N2O6S. The van der Waals surface area contributed by atoms with Gasteiger partial charge in [0, 0.05) is 13.1 Å². The van der Waals surface area contributed by atoms with Gasteiger partial charge in [-0.2, -0.15) is 4.31 Å². The highest BCUT2D eigenvalue weighted by Crippen LogP contribution is 2.22. The zero-order valence-corrected chi connectivity index (χ0v) is 13.8. The molecular weight excluding hydrogens is 336 g/mol. The SMILES string of the molecule is O=C1COC(=O)N1C1CCN(S(=O)(=O)CCOc2ccccc2)C1. The van der Waals surface area contributed by atoms with Crippen molar-refractivity contribution in [3.05, 3.63) is 30.3 Å². The Balaban J connectivity index is 1.54. The number of sulfonamides is 1. The molecule has 3 rings (SSSR count). The van der Waals surface area contributed by atoms with E-state index in [1.165, 1.54) is 4.31 Å². The average molecular weight is 354 g/mol. The van der Waals surface area contributed by atoms with E-state index in [1.54, 1.807) is 24.3 Å². The molecule has 0 bridgehead atoms. The summed E-state index contributed by atoms with van der Waals surface area (Å²) in [5.41, 5.74) is 0. The Morgan fingerprint density at radius 3 is 2.62 bits per heavy atom. The number of rotatable bonds is 6. The molecule has 1 aromatic carbocycles. The molecule has 1 atom stereocenters. The maximum absolute atomic E-state index is 12.4. The molecule has 8 nitrogen and oxygen atoms in total. The molecule has 0 saturated carbocycles. The number of para-hydroxylation sites is 1. The lowest BCUT2D eigenvalue weighted by molar-refractivity contribution is -0.127. The van der Waals surface area contributed by atoms with E-state index in [4.69, 9.17) is 4.74 Å². The van der Waals surface area contributed by atoms with Crippen LogP contribution in [0, 0.1) is 0 Å². The summed E-state index contributed by atoms with van der Waals surface area (Å²) in [6, 6.07) is 8.50. The second-order valence-electron chi connectivity index (χ2n) is 5.60. The van der Waals surface area contributed by atoms with E-state index in [-0.39, 0.29) is 32.1 Å². The first-order chi connectivity index (χ1) is 11.5. The van der Waals surface area contributed by atoms with Crippen LogP contribution in [0.1, 0.15) is 6.42 Å². The van der Waals surface area contributed by atoms with Gasteiger partial charge >= 0.3 is 6.09 Å². The van der Waals surface area contributed by atoms with Crippen LogP contribution >= 0.6 is 0 Å². The van der Waals surface area contributed by atoms with Crippen molar-refractivity contribution >= 4 is 22.0 Å². The predicted molar refractivity (Wildman–Crippen MR) is 83.9 cm³/mol. The van der Waals surface area contributed by atoms with Crippen molar-refractivity contribution < 1.29 is 27.5 Å². The van der Waals surface area contributed by atoms with Crippen LogP contribution in [-0.2, 0) is 19.6 Å². The number of amides is 2. The van der Waals surface area contributed by atoms with Gasteiger partial charge in [-0.25, -0.2) is 18.1 Å². The quantitative estimate of drug-likeness (QED) is 0.736. The number of hydrogen-bond donors (Lipinski definition) is 0. The highest BCUT2D eigenvalue weighted by atomic mass is 32.2. The predicted octanol–water partition coefficient (Wildman–Crippen LogP) is 0.448. The molecule has 0 radical (unpaired) electrons. The summed E-state index contributed by atoms with van der Waals surface area (Å²) in [4.78, 5) is 24.2. The molecule has 2 aliphatic rings. The Bertz CT molecular complexity index is 705. The minimum Gasteiger partial charge on any atom is -0.492 e. The summed E-state index contributed by atoms with van der Waals surface area (Å²) < 4.78 is 36.1. The maximum atomic E-state index is 12.4. The summed E-state index contributed by atoms with van der Waals surface area (Å²) in [5, 5.41) is 0. The molecule has 130 valence electrons. The third kappa shape index (κ3) is 3.51. The van der Waals surface area contributed by atoms with Crippen molar-refractivity contribution in [1.82, 2.24) is 9.21 Å². The van der Waals surface area contributed by atoms with E-state index in [9.17, 15) is 18.0 Å². The number of carbonyl (C=O) groups excluding carboxylic acids is 2. The minimum absolute atomic E-state index is 0.0399. The first kappa shape index (κ1) is 16.7. The van der Waals surface area contributed by atoms with Crippen molar-refractivity contribution in [3.8, 4) is 5.75 Å². The topological polar surface area (TPSA) is 93.2 Å². The smallest absolute Gasteiger partial charge is 0.417 e. The third-order valence-electron chi connectivity index (χ3n) is 4.02. The summed E-state index contributed by atoms with van der Waals surface area (Å²) in [6.07, 6.45) is -0.281. The van der Waals surface area contributed by atoms with E-state index in [0.29, 0.717) is 12.2 Å². The van der Waals surface area contributed by atoms with Crippen LogP contribution < -0.4 is 4.74 Å². The summed E-state index contributed by atoms with van der Waals surface area (Å²) >= 11 is 0. The van der Waals surface area contributed by atoms with Crippen molar-refractivity contribution in [1.29, 1.82) is 0 Å². The second kappa shape index (κ2) is 6.78. The third-order valence-corrected chi connectivity index (χ3v) is 5.82. The number of benzene rings is 1. The zero-order chi connectivity index (χ0) is 17.2. The fourth-order valence-corrected chi connectivity index (χ4v) is 4.14. The van der Waals surface area contributed by atoms with Crippen molar-refractivity contribution in [2.24, 2.45) is 0 Å². The summed E-state index contributed by atoms with van der Waals surface area (Å²) in [7, 11) is -3.51. The first-order valence-corrected chi connectivity index (χ1v) is 9.23. The van der Waals surface area contributed by atoms with Gasteiger partial charge < -0.3 is 9.47 Å². The van der Waals surface area contributed by atoms with Gasteiger partial charge in [0.05, 0.1) is 11.8 Å². The molecule has 2 amide bonds. The van der Waals surface area contributed by atoms with Crippen LogP contribution in [0.2, 0.25) is 0 Å². The molecule has 0 N–H and O–H groups in total. The van der Waals surface area contributed by atoms with Crippen LogP contribution in [-0.4, -0.2) is 67.7 Å². The van der Waals surface area contributed by atoms with Gasteiger partial charge in [-0.15, -0.1) is 0 Å². The molecule has 9 heteroatoms. The minimum atomic E-state index is -3.51. The highest BCUT2D eigenvalue weighted by molar-refractivity contribution is 7.89. The standard InChI is InChI=1S/C15H18N2O6S/c18-14-11-23-15(19)17(14)12-6-7-16(10-12)24(20,21)9-8-22-13-4-2-1-3-5-13/h1-5,12H,6-11H2. The monoisotopic (exact) mass is 354 g/mol. The number of ether oxygens (including phenoxy) is 2. The lowest BCUT2D eigenvalue weighted by atomic mass is 10.2. The van der Waals surface area contributed by atoms with E-state index in [1.807, 2.05) is 6.07 Å². The van der Waals surface area contributed by atoms with Gasteiger partial charge in [0.25, 0.3) is 5.91 Å². The highest BCUT2D eigenvalue weighted by Gasteiger charge is 2.42. The average Bonchev–Trinajstić information content (AvgIpc) is 3.15. The molecule has 2 aliphatic heterocycles. The lowest BCUT2D eigenvalue weighted by Crippen LogP contribution is -2.42. The molecule has 2 heterocycles. The van der Waals surface area contributed by atoms with Gasteiger partial charge in [0.2, 0.25) is 10.0 Å². The normalized spacial score (nSPS) is 22.0. The number of nitrogens with zero attached hydrogens (tertiary/aromatic N) is 2. The van der Waals surface area contributed by atoms with E-state index in [2.05, 4.69) is 4.74 Å². The van der Waals surface area contributed by atoms with Crippen LogP contribution in [0.3, 0.4) is 0 Å². The van der Waals surface area contributed by atoms with Gasteiger partial charge in [-0.05, 0) is 18.6 Å². The van der Waals surface area contributed by atoms with Crippen molar-refractivity contribution in [2.45, 2.75) is 12.5 Å². The van der Waals surface area contributed by atoms with E-state index < -0.39 is 28.1 Å². The number of imide groups is 1. The Labute approximate surface area is 140 Å². The molecule has 1 unspecified atom stereocenters. The molecule has 1 aromatic rings. The Hall–Kier alpha value is -2.13. The van der Waals surface area contributed by atoms with Gasteiger partial charge in [-0.3, -0.25) is 4.79 Å². The van der Waals surface area contributed by atoms with Crippen LogP contribution in [0.25, 0.3) is 0 Å². The van der Waals surface area contributed by atoms with Gasteiger partial charge in [0.1, 0.15) is 12.4 Å². The van der Waals surface area contributed by atoms with Crippen LogP contribution in [0.4, 0.5) is 4.79 Å². The zero-order valence-electron chi connectivity index (χ0n) is 13.0. The van der Waals surface area contributed by atoms with E-state index >= 15 is 0 Å². The fraction of sp³-hybridized carbons (Fsp3) is 0.467. The summed E-state index contributed by atoms with van der Waals surface area (Å²) in [6.45, 7) is 0.148. The molecule has 0 spiro atoms. The Kier molecular flexibility index (Phi) is 4.72. The number of carbonyl (C=O) groups is 2. The molecule has 2 fully saturated rings. The molecule has 24 heavy (non-hydrogen) atoms. The summed E-state index contributed by atoms with van der Waals surface area (Å²) in [5.74, 6) is 0.0292. The number of hydrogen-bond acceptors (Lipinski definition) is 6. The first-order valence-electron chi connectivity index (χ1n) is 7.62. The van der Waals surface area contributed by atoms with Crippen LogP contribution in [0.5, 0.6) is 5.75 Å². The second-order valence-corrected chi connectivity index (χ2v) is 7.68. The van der Waals surface area contributed by atoms with Crippen molar-refractivity contribution in [2.75, 3.05) is 32.1 Å². The van der Waals surface area contributed by atoms with Crippen molar-refractivity contribution in [3.63, 3.8) is 0 Å². The lowest BCUT2D eigenvalue weighted by Gasteiger charge is -2.20. The molecule has 0 aromatic heterocycles. The van der Waals surface area contributed by atoms with Gasteiger partial charge in [-0.1, -0.05) is 18.2 Å². The van der Waals surface area contributed by atoms with E-state index in [0.717, 1.165) is 4.90 Å². The van der Waals surface area contributed by atoms with Gasteiger partial charge in [0.15, 0.2) is 6.61 Å². The molecule has 2 saturated heterocycles. The Morgan fingerprint density at radius 1 is 1.21 bits per heavy atom.